The monoisotopic (exact) mass is 452 g/mol. The summed E-state index contributed by atoms with van der Waals surface area (Å²) in [6, 6.07) is 10.0. The average molecular weight is 453 g/mol. The molecule has 0 saturated carbocycles. The van der Waals surface area contributed by atoms with Crippen LogP contribution in [0.2, 0.25) is 0 Å². The molecule has 33 heavy (non-hydrogen) atoms. The van der Waals surface area contributed by atoms with Crippen LogP contribution in [0.15, 0.2) is 54.6 Å². The highest BCUT2D eigenvalue weighted by atomic mass is 16.6. The summed E-state index contributed by atoms with van der Waals surface area (Å²) in [4.78, 5) is 49.1. The van der Waals surface area contributed by atoms with Crippen molar-refractivity contribution >= 4 is 23.9 Å². The number of allylic oxidation sites excluding steroid dienone is 4. The van der Waals surface area contributed by atoms with E-state index in [-0.39, 0.29) is 17.8 Å². The van der Waals surface area contributed by atoms with E-state index in [2.05, 4.69) is 19.1 Å². The van der Waals surface area contributed by atoms with E-state index in [1.165, 1.54) is 12.5 Å². The van der Waals surface area contributed by atoms with Gasteiger partial charge in [-0.25, -0.2) is 0 Å². The Morgan fingerprint density at radius 2 is 1.82 bits per heavy atom. The maximum absolute atomic E-state index is 13.1. The van der Waals surface area contributed by atoms with Crippen LogP contribution in [0.25, 0.3) is 0 Å². The van der Waals surface area contributed by atoms with Crippen LogP contribution in [0.5, 0.6) is 0 Å². The first kappa shape index (κ1) is 24.6. The molecule has 1 saturated heterocycles. The molecule has 1 fully saturated rings. The van der Waals surface area contributed by atoms with Gasteiger partial charge in [-0.3, -0.25) is 19.2 Å². The zero-order valence-electron chi connectivity index (χ0n) is 19.4. The summed E-state index contributed by atoms with van der Waals surface area (Å²) in [6.07, 6.45) is 10.2. The Kier molecular flexibility index (Phi) is 8.37. The van der Waals surface area contributed by atoms with Crippen molar-refractivity contribution in [3.8, 4) is 0 Å². The number of benzene rings is 1. The van der Waals surface area contributed by atoms with Crippen molar-refractivity contribution < 1.29 is 28.7 Å². The third kappa shape index (κ3) is 6.28. The van der Waals surface area contributed by atoms with Gasteiger partial charge in [-0.15, -0.1) is 0 Å². The van der Waals surface area contributed by atoms with Crippen molar-refractivity contribution in [1.82, 2.24) is 0 Å². The lowest BCUT2D eigenvalue weighted by atomic mass is 9.70. The Hall–Kier alpha value is -3.02. The van der Waals surface area contributed by atoms with Crippen LogP contribution in [0.4, 0.5) is 0 Å². The minimum absolute atomic E-state index is 0.0118. The predicted octanol–water partition coefficient (Wildman–Crippen LogP) is 4.75. The topological polar surface area (TPSA) is 86.7 Å². The number of esters is 4. The minimum Gasteiger partial charge on any atom is -0.393 e. The quantitative estimate of drug-likeness (QED) is 0.397. The van der Waals surface area contributed by atoms with E-state index in [1.807, 2.05) is 42.5 Å². The van der Waals surface area contributed by atoms with Gasteiger partial charge in [0.25, 0.3) is 0 Å². The highest BCUT2D eigenvalue weighted by Crippen LogP contribution is 2.41. The molecule has 0 spiro atoms. The Bertz CT molecular complexity index is 931. The fourth-order valence-corrected chi connectivity index (χ4v) is 4.89. The lowest BCUT2D eigenvalue weighted by Gasteiger charge is -2.33. The number of ether oxygens (including phenoxy) is 2. The lowest BCUT2D eigenvalue weighted by Crippen LogP contribution is -2.35. The van der Waals surface area contributed by atoms with E-state index in [0.29, 0.717) is 25.7 Å². The number of carbonyl (C=O) groups is 4. The number of hydrogen-bond donors (Lipinski definition) is 0. The van der Waals surface area contributed by atoms with E-state index >= 15 is 0 Å². The first-order valence-electron chi connectivity index (χ1n) is 11.6. The van der Waals surface area contributed by atoms with Gasteiger partial charge in [0.15, 0.2) is 0 Å². The van der Waals surface area contributed by atoms with Gasteiger partial charge in [0.1, 0.15) is 0 Å². The maximum atomic E-state index is 13.1. The minimum atomic E-state index is -0.650. The standard InChI is InChI=1S/C27H32O6/c1-17(20-10-6-4-7-11-20)14-15-22(26(30)32-19(3)28)24(21-12-8-5-9-13-21)16-23-18(2)25(29)33-27(23)31/h4-12,17-18,21-24H,13-16H2,1-3H3. The molecule has 6 nitrogen and oxygen atoms in total. The molecule has 6 heteroatoms. The van der Waals surface area contributed by atoms with E-state index in [9.17, 15) is 19.2 Å². The van der Waals surface area contributed by atoms with Gasteiger partial charge in [0, 0.05) is 6.92 Å². The lowest BCUT2D eigenvalue weighted by molar-refractivity contribution is -0.164. The van der Waals surface area contributed by atoms with Gasteiger partial charge in [0.05, 0.1) is 17.8 Å². The Morgan fingerprint density at radius 3 is 2.39 bits per heavy atom. The number of carbonyl (C=O) groups excluding carboxylic acids is 4. The Balaban J connectivity index is 1.86. The summed E-state index contributed by atoms with van der Waals surface area (Å²) in [6.45, 7) is 5.01. The fourth-order valence-electron chi connectivity index (χ4n) is 4.89. The Morgan fingerprint density at radius 1 is 1.09 bits per heavy atom. The molecule has 1 aliphatic heterocycles. The van der Waals surface area contributed by atoms with Crippen molar-refractivity contribution in [3.05, 3.63) is 60.2 Å². The largest absolute Gasteiger partial charge is 0.393 e. The van der Waals surface area contributed by atoms with Crippen LogP contribution in [0, 0.1) is 29.6 Å². The summed E-state index contributed by atoms with van der Waals surface area (Å²) in [5.41, 5.74) is 1.17. The van der Waals surface area contributed by atoms with Crippen LogP contribution in [-0.2, 0) is 28.7 Å². The molecule has 0 N–H and O–H groups in total. The van der Waals surface area contributed by atoms with Crippen LogP contribution in [0.1, 0.15) is 57.9 Å². The summed E-state index contributed by atoms with van der Waals surface area (Å²) in [5.74, 6) is -4.11. The van der Waals surface area contributed by atoms with Gasteiger partial charge in [0.2, 0.25) is 0 Å². The molecule has 1 heterocycles. The van der Waals surface area contributed by atoms with Gasteiger partial charge in [-0.05, 0) is 49.0 Å². The number of cyclic esters (lactones) is 2. The van der Waals surface area contributed by atoms with Crippen LogP contribution >= 0.6 is 0 Å². The second kappa shape index (κ2) is 11.2. The SMILES string of the molecule is CC(=O)OC(=O)C(CCC(C)c1ccccc1)C(CC1C(=O)OC(=O)C1C)C1C=CC=CC1. The molecule has 6 atom stereocenters. The predicted molar refractivity (Wildman–Crippen MR) is 123 cm³/mol. The van der Waals surface area contributed by atoms with E-state index < -0.39 is 41.6 Å². The molecule has 176 valence electrons. The van der Waals surface area contributed by atoms with Crippen LogP contribution < -0.4 is 0 Å². The van der Waals surface area contributed by atoms with Crippen LogP contribution in [0.3, 0.4) is 0 Å². The van der Waals surface area contributed by atoms with Crippen molar-refractivity contribution in [1.29, 1.82) is 0 Å². The summed E-state index contributed by atoms with van der Waals surface area (Å²) in [5, 5.41) is 0. The smallest absolute Gasteiger partial charge is 0.317 e. The summed E-state index contributed by atoms with van der Waals surface area (Å²) in [7, 11) is 0. The second-order valence-electron chi connectivity index (χ2n) is 9.16. The molecule has 0 radical (unpaired) electrons. The molecule has 0 bridgehead atoms. The third-order valence-corrected chi connectivity index (χ3v) is 6.91. The molecular weight excluding hydrogens is 420 g/mol. The highest BCUT2D eigenvalue weighted by Gasteiger charge is 2.45. The number of hydrogen-bond acceptors (Lipinski definition) is 6. The van der Waals surface area contributed by atoms with Crippen molar-refractivity contribution in [3.63, 3.8) is 0 Å². The molecule has 1 aliphatic carbocycles. The maximum Gasteiger partial charge on any atom is 0.317 e. The third-order valence-electron chi connectivity index (χ3n) is 6.91. The van der Waals surface area contributed by atoms with E-state index in [0.717, 1.165) is 0 Å². The molecule has 6 unspecified atom stereocenters. The fraction of sp³-hybridized carbons (Fsp3) is 0.481. The molecule has 0 amide bonds. The molecule has 2 aliphatic rings. The highest BCUT2D eigenvalue weighted by molar-refractivity contribution is 5.96. The average Bonchev–Trinajstić information content (AvgIpc) is 3.04. The van der Waals surface area contributed by atoms with Crippen molar-refractivity contribution in [2.24, 2.45) is 29.6 Å². The van der Waals surface area contributed by atoms with Gasteiger partial charge >= 0.3 is 23.9 Å². The second-order valence-corrected chi connectivity index (χ2v) is 9.16. The Labute approximate surface area is 195 Å². The van der Waals surface area contributed by atoms with E-state index in [1.54, 1.807) is 6.92 Å². The van der Waals surface area contributed by atoms with Gasteiger partial charge in [-0.1, -0.05) is 68.5 Å². The first-order chi connectivity index (χ1) is 15.8. The molecule has 1 aromatic rings. The van der Waals surface area contributed by atoms with Gasteiger partial charge < -0.3 is 9.47 Å². The zero-order valence-corrected chi connectivity index (χ0v) is 19.4. The molecular formula is C27H32O6. The molecule has 3 rings (SSSR count). The normalized spacial score (nSPS) is 24.8. The zero-order chi connectivity index (χ0) is 24.0. The van der Waals surface area contributed by atoms with Crippen LogP contribution in [-0.4, -0.2) is 23.9 Å². The van der Waals surface area contributed by atoms with Crippen molar-refractivity contribution in [2.45, 2.75) is 52.4 Å². The number of rotatable bonds is 9. The first-order valence-corrected chi connectivity index (χ1v) is 11.6. The molecule has 1 aromatic carbocycles. The summed E-state index contributed by atoms with van der Waals surface area (Å²) < 4.78 is 9.91. The van der Waals surface area contributed by atoms with Crippen molar-refractivity contribution in [2.75, 3.05) is 0 Å². The van der Waals surface area contributed by atoms with Gasteiger partial charge in [-0.2, -0.15) is 0 Å². The molecule has 0 aromatic heterocycles. The summed E-state index contributed by atoms with van der Waals surface area (Å²) >= 11 is 0. The van der Waals surface area contributed by atoms with E-state index in [4.69, 9.17) is 9.47 Å².